The lowest BCUT2D eigenvalue weighted by Crippen LogP contribution is -1.90. The molecule has 0 amide bonds. The van der Waals surface area contributed by atoms with E-state index < -0.39 is 4.92 Å². The highest BCUT2D eigenvalue weighted by Gasteiger charge is 2.13. The molecule has 0 radical (unpaired) electrons. The first kappa shape index (κ1) is 13.9. The number of ether oxygens (including phenoxy) is 1. The van der Waals surface area contributed by atoms with Gasteiger partial charge >= 0.3 is 0 Å². The van der Waals surface area contributed by atoms with E-state index in [0.29, 0.717) is 10.8 Å². The molecule has 0 aliphatic rings. The molecule has 0 N–H and O–H groups in total. The van der Waals surface area contributed by atoms with Crippen LogP contribution >= 0.6 is 34.8 Å². The van der Waals surface area contributed by atoms with Crippen LogP contribution in [0.1, 0.15) is 0 Å². The SMILES string of the molecule is O=[N+]([O-])c1ccc(Oc2cccc(Cl)c2Cl)c(Cl)c1. The van der Waals surface area contributed by atoms with E-state index in [0.717, 1.165) is 0 Å². The minimum atomic E-state index is -0.540. The van der Waals surface area contributed by atoms with Gasteiger partial charge in [-0.05, 0) is 18.2 Å². The van der Waals surface area contributed by atoms with E-state index in [-0.39, 0.29) is 21.5 Å². The van der Waals surface area contributed by atoms with Gasteiger partial charge in [0.15, 0.2) is 0 Å². The lowest BCUT2D eigenvalue weighted by Gasteiger charge is -2.09. The zero-order valence-electron chi connectivity index (χ0n) is 9.27. The molecule has 0 aromatic heterocycles. The normalized spacial score (nSPS) is 10.3. The summed E-state index contributed by atoms with van der Waals surface area (Å²) in [6, 6.07) is 8.80. The summed E-state index contributed by atoms with van der Waals surface area (Å²) in [7, 11) is 0. The van der Waals surface area contributed by atoms with Gasteiger partial charge in [-0.25, -0.2) is 0 Å². The molecule has 0 saturated carbocycles. The maximum Gasteiger partial charge on any atom is 0.271 e. The number of benzene rings is 2. The Hall–Kier alpha value is -1.49. The molecule has 19 heavy (non-hydrogen) atoms. The van der Waals surface area contributed by atoms with E-state index in [1.54, 1.807) is 18.2 Å². The molecule has 0 spiro atoms. The van der Waals surface area contributed by atoms with Crippen molar-refractivity contribution >= 4 is 40.5 Å². The molecular formula is C12H6Cl3NO3. The number of hydrogen-bond acceptors (Lipinski definition) is 3. The molecule has 2 rings (SSSR count). The number of nitro benzene ring substituents is 1. The van der Waals surface area contributed by atoms with Gasteiger partial charge in [-0.3, -0.25) is 10.1 Å². The van der Waals surface area contributed by atoms with Crippen LogP contribution in [0.15, 0.2) is 36.4 Å². The Bertz CT molecular complexity index is 646. The highest BCUT2D eigenvalue weighted by Crippen LogP contribution is 2.37. The van der Waals surface area contributed by atoms with Crippen LogP contribution in [-0.4, -0.2) is 4.92 Å². The van der Waals surface area contributed by atoms with Gasteiger partial charge in [-0.1, -0.05) is 40.9 Å². The van der Waals surface area contributed by atoms with Crippen molar-refractivity contribution in [2.24, 2.45) is 0 Å². The predicted molar refractivity (Wildman–Crippen MR) is 74.6 cm³/mol. The summed E-state index contributed by atoms with van der Waals surface area (Å²) in [5.74, 6) is 0.585. The van der Waals surface area contributed by atoms with E-state index in [2.05, 4.69) is 0 Å². The topological polar surface area (TPSA) is 52.4 Å². The zero-order valence-corrected chi connectivity index (χ0v) is 11.5. The largest absolute Gasteiger partial charge is 0.454 e. The summed E-state index contributed by atoms with van der Waals surface area (Å²) in [5.41, 5.74) is -0.116. The fourth-order valence-electron chi connectivity index (χ4n) is 1.37. The van der Waals surface area contributed by atoms with Gasteiger partial charge in [0, 0.05) is 12.1 Å². The van der Waals surface area contributed by atoms with Crippen LogP contribution in [0.4, 0.5) is 5.69 Å². The quantitative estimate of drug-likeness (QED) is 0.566. The van der Waals surface area contributed by atoms with Crippen molar-refractivity contribution < 1.29 is 9.66 Å². The van der Waals surface area contributed by atoms with Crippen LogP contribution in [0.2, 0.25) is 15.1 Å². The molecular weight excluding hydrogens is 312 g/mol. The van der Waals surface area contributed by atoms with Gasteiger partial charge < -0.3 is 4.74 Å². The number of rotatable bonds is 3. The van der Waals surface area contributed by atoms with E-state index in [4.69, 9.17) is 39.5 Å². The Morgan fingerprint density at radius 1 is 1.00 bits per heavy atom. The van der Waals surface area contributed by atoms with Crippen LogP contribution in [0, 0.1) is 10.1 Å². The highest BCUT2D eigenvalue weighted by molar-refractivity contribution is 6.43. The summed E-state index contributed by atoms with van der Waals surface area (Å²) in [4.78, 5) is 10.0. The summed E-state index contributed by atoms with van der Waals surface area (Å²) in [5, 5.41) is 11.3. The lowest BCUT2D eigenvalue weighted by atomic mass is 10.3. The first-order chi connectivity index (χ1) is 8.99. The van der Waals surface area contributed by atoms with Crippen molar-refractivity contribution in [3.05, 3.63) is 61.6 Å². The van der Waals surface area contributed by atoms with Crippen molar-refractivity contribution in [1.82, 2.24) is 0 Å². The smallest absolute Gasteiger partial charge is 0.271 e. The Balaban J connectivity index is 2.34. The molecule has 2 aromatic carbocycles. The molecule has 0 bridgehead atoms. The van der Waals surface area contributed by atoms with E-state index >= 15 is 0 Å². The standard InChI is InChI=1S/C12H6Cl3NO3/c13-8-2-1-3-11(12(8)15)19-10-5-4-7(16(17)18)6-9(10)14/h1-6H. The van der Waals surface area contributed by atoms with Crippen LogP contribution in [0.25, 0.3) is 0 Å². The lowest BCUT2D eigenvalue weighted by molar-refractivity contribution is -0.384. The molecule has 0 unspecified atom stereocenters. The second kappa shape index (κ2) is 5.65. The third-order valence-electron chi connectivity index (χ3n) is 2.26. The van der Waals surface area contributed by atoms with Crippen LogP contribution < -0.4 is 4.74 Å². The van der Waals surface area contributed by atoms with Crippen molar-refractivity contribution in [2.45, 2.75) is 0 Å². The molecule has 4 nitrogen and oxygen atoms in total. The maximum absolute atomic E-state index is 10.6. The Morgan fingerprint density at radius 2 is 1.74 bits per heavy atom. The second-order valence-corrected chi connectivity index (χ2v) is 4.72. The first-order valence-corrected chi connectivity index (χ1v) is 6.18. The summed E-state index contributed by atoms with van der Waals surface area (Å²) >= 11 is 17.7. The molecule has 2 aromatic rings. The minimum Gasteiger partial charge on any atom is -0.454 e. The van der Waals surface area contributed by atoms with Gasteiger partial charge in [0.2, 0.25) is 0 Å². The molecule has 0 aliphatic heterocycles. The fraction of sp³-hybridized carbons (Fsp3) is 0. The van der Waals surface area contributed by atoms with Gasteiger partial charge in [-0.15, -0.1) is 0 Å². The van der Waals surface area contributed by atoms with Crippen LogP contribution in [0.3, 0.4) is 0 Å². The average Bonchev–Trinajstić information content (AvgIpc) is 2.37. The predicted octanol–water partition coefficient (Wildman–Crippen LogP) is 5.35. The molecule has 0 saturated heterocycles. The molecule has 0 heterocycles. The van der Waals surface area contributed by atoms with Gasteiger partial charge in [0.1, 0.15) is 16.5 Å². The van der Waals surface area contributed by atoms with Crippen molar-refractivity contribution in [3.63, 3.8) is 0 Å². The molecule has 7 heteroatoms. The second-order valence-electron chi connectivity index (χ2n) is 3.53. The fourth-order valence-corrected chi connectivity index (χ4v) is 1.91. The van der Waals surface area contributed by atoms with Crippen LogP contribution in [-0.2, 0) is 0 Å². The Kier molecular flexibility index (Phi) is 4.14. The summed E-state index contributed by atoms with van der Waals surface area (Å²) < 4.78 is 5.48. The van der Waals surface area contributed by atoms with Gasteiger partial charge in [0.25, 0.3) is 5.69 Å². The summed E-state index contributed by atoms with van der Waals surface area (Å²) in [6.07, 6.45) is 0. The van der Waals surface area contributed by atoms with Gasteiger partial charge in [0.05, 0.1) is 15.0 Å². The molecule has 0 aliphatic carbocycles. The summed E-state index contributed by atoms with van der Waals surface area (Å²) in [6.45, 7) is 0. The van der Waals surface area contributed by atoms with E-state index in [1.807, 2.05) is 0 Å². The third kappa shape index (κ3) is 3.10. The van der Waals surface area contributed by atoms with Crippen molar-refractivity contribution in [1.29, 1.82) is 0 Å². The van der Waals surface area contributed by atoms with E-state index in [9.17, 15) is 10.1 Å². The molecule has 0 fully saturated rings. The number of nitro groups is 1. The maximum atomic E-state index is 10.6. The first-order valence-electron chi connectivity index (χ1n) is 5.05. The highest BCUT2D eigenvalue weighted by atomic mass is 35.5. The minimum absolute atomic E-state index is 0.116. The third-order valence-corrected chi connectivity index (χ3v) is 3.36. The Labute approximate surface area is 123 Å². The number of halogens is 3. The van der Waals surface area contributed by atoms with Gasteiger partial charge in [-0.2, -0.15) is 0 Å². The average molecular weight is 319 g/mol. The monoisotopic (exact) mass is 317 g/mol. The number of hydrogen-bond donors (Lipinski definition) is 0. The van der Waals surface area contributed by atoms with Crippen molar-refractivity contribution in [2.75, 3.05) is 0 Å². The molecule has 98 valence electrons. The van der Waals surface area contributed by atoms with Crippen molar-refractivity contribution in [3.8, 4) is 11.5 Å². The van der Waals surface area contributed by atoms with Crippen LogP contribution in [0.5, 0.6) is 11.5 Å². The molecule has 0 atom stereocenters. The zero-order chi connectivity index (χ0) is 14.0. The number of non-ortho nitro benzene ring substituents is 1. The Morgan fingerprint density at radius 3 is 2.37 bits per heavy atom. The van der Waals surface area contributed by atoms with E-state index in [1.165, 1.54) is 18.2 Å². The number of nitrogens with zero attached hydrogens (tertiary/aromatic N) is 1.